The van der Waals surface area contributed by atoms with Crippen molar-refractivity contribution in [3.8, 4) is 0 Å². The number of nitrogens with zero attached hydrogens (tertiary/aromatic N) is 1. The molecule has 20 heavy (non-hydrogen) atoms. The van der Waals surface area contributed by atoms with E-state index in [0.29, 0.717) is 17.0 Å². The quantitative estimate of drug-likeness (QED) is 0.516. The van der Waals surface area contributed by atoms with Crippen LogP contribution in [-0.4, -0.2) is 10.8 Å². The first-order chi connectivity index (χ1) is 9.58. The summed E-state index contributed by atoms with van der Waals surface area (Å²) in [5.74, 6) is -0.228. The van der Waals surface area contributed by atoms with Gasteiger partial charge in [-0.1, -0.05) is 24.3 Å². The lowest BCUT2D eigenvalue weighted by atomic mass is 10.2. The maximum absolute atomic E-state index is 11.9. The van der Waals surface area contributed by atoms with Gasteiger partial charge in [-0.05, 0) is 17.7 Å². The molecule has 0 aromatic heterocycles. The molecule has 5 nitrogen and oxygen atoms in total. The van der Waals surface area contributed by atoms with E-state index in [2.05, 4.69) is 17.9 Å². The molecule has 0 radical (unpaired) electrons. The molecule has 0 bridgehead atoms. The van der Waals surface area contributed by atoms with Crippen LogP contribution in [0.25, 0.3) is 0 Å². The van der Waals surface area contributed by atoms with Crippen LogP contribution in [0.3, 0.4) is 0 Å². The highest BCUT2D eigenvalue weighted by Gasteiger charge is 2.09. The predicted molar refractivity (Wildman–Crippen MR) is 78.0 cm³/mol. The summed E-state index contributed by atoms with van der Waals surface area (Å²) in [6.45, 7) is 0.305. The van der Waals surface area contributed by atoms with E-state index in [1.165, 1.54) is 12.1 Å². The lowest BCUT2D eigenvalue weighted by Gasteiger charge is -2.07. The molecule has 1 N–H and O–H groups in total. The second-order valence-corrected chi connectivity index (χ2v) is 4.61. The maximum atomic E-state index is 11.9. The SMILES string of the molecule is O=C(NCc1ccc([N+](=O)[O-])cc1)c1ccccc1S. The normalized spacial score (nSPS) is 10.1. The number of amides is 1. The summed E-state index contributed by atoms with van der Waals surface area (Å²) in [5, 5.41) is 13.3. The smallest absolute Gasteiger partial charge is 0.269 e. The summed E-state index contributed by atoms with van der Waals surface area (Å²) in [6.07, 6.45) is 0. The number of nitro benzene ring substituents is 1. The number of benzene rings is 2. The Bertz CT molecular complexity index is 641. The number of hydrogen-bond acceptors (Lipinski definition) is 4. The summed E-state index contributed by atoms with van der Waals surface area (Å²) in [7, 11) is 0. The van der Waals surface area contributed by atoms with Crippen molar-refractivity contribution in [3.05, 3.63) is 69.8 Å². The summed E-state index contributed by atoms with van der Waals surface area (Å²) >= 11 is 4.22. The van der Waals surface area contributed by atoms with Crippen molar-refractivity contribution in [1.29, 1.82) is 0 Å². The lowest BCUT2D eigenvalue weighted by Crippen LogP contribution is -2.23. The first-order valence-electron chi connectivity index (χ1n) is 5.87. The van der Waals surface area contributed by atoms with Crippen molar-refractivity contribution in [2.75, 3.05) is 0 Å². The maximum Gasteiger partial charge on any atom is 0.269 e. The van der Waals surface area contributed by atoms with Gasteiger partial charge in [0.1, 0.15) is 0 Å². The summed E-state index contributed by atoms with van der Waals surface area (Å²) in [6, 6.07) is 13.0. The molecule has 102 valence electrons. The monoisotopic (exact) mass is 288 g/mol. The number of rotatable bonds is 4. The van der Waals surface area contributed by atoms with Crippen molar-refractivity contribution >= 4 is 24.2 Å². The third-order valence-corrected chi connectivity index (χ3v) is 3.14. The zero-order valence-corrected chi connectivity index (χ0v) is 11.3. The number of carbonyl (C=O) groups is 1. The number of nitro groups is 1. The van der Waals surface area contributed by atoms with Crippen LogP contribution in [0.15, 0.2) is 53.4 Å². The first-order valence-corrected chi connectivity index (χ1v) is 6.32. The van der Waals surface area contributed by atoms with E-state index >= 15 is 0 Å². The highest BCUT2D eigenvalue weighted by Crippen LogP contribution is 2.14. The highest BCUT2D eigenvalue weighted by molar-refractivity contribution is 7.80. The number of hydrogen-bond donors (Lipinski definition) is 2. The molecular weight excluding hydrogens is 276 g/mol. The predicted octanol–water partition coefficient (Wildman–Crippen LogP) is 2.81. The van der Waals surface area contributed by atoms with Gasteiger partial charge in [0.15, 0.2) is 0 Å². The molecule has 0 heterocycles. The third-order valence-electron chi connectivity index (χ3n) is 2.75. The van der Waals surface area contributed by atoms with E-state index in [-0.39, 0.29) is 11.6 Å². The molecule has 1 amide bonds. The van der Waals surface area contributed by atoms with E-state index in [4.69, 9.17) is 0 Å². The van der Waals surface area contributed by atoms with Crippen LogP contribution in [0.4, 0.5) is 5.69 Å². The van der Waals surface area contributed by atoms with Crippen LogP contribution in [0.2, 0.25) is 0 Å². The average Bonchev–Trinajstić information content (AvgIpc) is 2.45. The highest BCUT2D eigenvalue weighted by atomic mass is 32.1. The number of thiol groups is 1. The number of nitrogens with one attached hydrogen (secondary N) is 1. The van der Waals surface area contributed by atoms with E-state index in [1.807, 2.05) is 0 Å². The van der Waals surface area contributed by atoms with E-state index < -0.39 is 4.92 Å². The largest absolute Gasteiger partial charge is 0.348 e. The summed E-state index contributed by atoms with van der Waals surface area (Å²) < 4.78 is 0. The Kier molecular flexibility index (Phi) is 4.37. The van der Waals surface area contributed by atoms with Gasteiger partial charge in [-0.2, -0.15) is 0 Å². The first kappa shape index (κ1) is 14.1. The second kappa shape index (κ2) is 6.21. The van der Waals surface area contributed by atoms with E-state index in [0.717, 1.165) is 5.56 Å². The molecule has 0 fully saturated rings. The molecule has 0 unspecified atom stereocenters. The zero-order valence-electron chi connectivity index (χ0n) is 10.4. The molecule has 0 aliphatic carbocycles. The minimum absolute atomic E-state index is 0.0285. The van der Waals surface area contributed by atoms with Gasteiger partial charge in [0, 0.05) is 23.6 Å². The van der Waals surface area contributed by atoms with Gasteiger partial charge in [-0.25, -0.2) is 0 Å². The minimum Gasteiger partial charge on any atom is -0.348 e. The average molecular weight is 288 g/mol. The molecule has 0 aliphatic heterocycles. The summed E-state index contributed by atoms with van der Waals surface area (Å²) in [4.78, 5) is 22.6. The van der Waals surface area contributed by atoms with E-state index in [9.17, 15) is 14.9 Å². The molecule has 2 rings (SSSR count). The molecule has 0 aliphatic rings. The molecule has 0 spiro atoms. The Morgan fingerprint density at radius 3 is 2.40 bits per heavy atom. The Hall–Kier alpha value is -2.34. The molecular formula is C14H12N2O3S. The van der Waals surface area contributed by atoms with E-state index in [1.54, 1.807) is 36.4 Å². The topological polar surface area (TPSA) is 72.2 Å². The molecule has 0 saturated heterocycles. The number of non-ortho nitro benzene ring substituents is 1. The third kappa shape index (κ3) is 3.36. The van der Waals surface area contributed by atoms with Crippen LogP contribution < -0.4 is 5.32 Å². The molecule has 2 aromatic carbocycles. The Balaban J connectivity index is 2.00. The van der Waals surface area contributed by atoms with Crippen LogP contribution in [0, 0.1) is 10.1 Å². The van der Waals surface area contributed by atoms with Gasteiger partial charge in [0.25, 0.3) is 11.6 Å². The van der Waals surface area contributed by atoms with Crippen molar-refractivity contribution in [2.45, 2.75) is 11.4 Å². The van der Waals surface area contributed by atoms with Crippen molar-refractivity contribution in [1.82, 2.24) is 5.32 Å². The van der Waals surface area contributed by atoms with Gasteiger partial charge >= 0.3 is 0 Å². The molecule has 0 atom stereocenters. The fourth-order valence-electron chi connectivity index (χ4n) is 1.68. The van der Waals surface area contributed by atoms with Gasteiger partial charge in [-0.3, -0.25) is 14.9 Å². The second-order valence-electron chi connectivity index (χ2n) is 4.12. The van der Waals surface area contributed by atoms with Crippen molar-refractivity contribution < 1.29 is 9.72 Å². The lowest BCUT2D eigenvalue weighted by molar-refractivity contribution is -0.384. The Morgan fingerprint density at radius 2 is 1.80 bits per heavy atom. The Labute approximate surface area is 121 Å². The molecule has 2 aromatic rings. The van der Waals surface area contributed by atoms with Crippen LogP contribution in [-0.2, 0) is 6.54 Å². The van der Waals surface area contributed by atoms with Gasteiger partial charge in [0.05, 0.1) is 10.5 Å². The van der Waals surface area contributed by atoms with Gasteiger partial charge in [-0.15, -0.1) is 12.6 Å². The molecule has 0 saturated carbocycles. The Morgan fingerprint density at radius 1 is 1.15 bits per heavy atom. The molecule has 6 heteroatoms. The van der Waals surface area contributed by atoms with Crippen LogP contribution in [0.5, 0.6) is 0 Å². The fraction of sp³-hybridized carbons (Fsp3) is 0.0714. The zero-order chi connectivity index (χ0) is 14.5. The minimum atomic E-state index is -0.459. The van der Waals surface area contributed by atoms with Gasteiger partial charge < -0.3 is 5.32 Å². The van der Waals surface area contributed by atoms with Crippen LogP contribution >= 0.6 is 12.6 Å². The number of carbonyl (C=O) groups excluding carboxylic acids is 1. The standard InChI is InChI=1S/C14H12N2O3S/c17-14(12-3-1-2-4-13(12)20)15-9-10-5-7-11(8-6-10)16(18)19/h1-8,20H,9H2,(H,15,17). The summed E-state index contributed by atoms with van der Waals surface area (Å²) in [5.41, 5.74) is 1.32. The van der Waals surface area contributed by atoms with Crippen molar-refractivity contribution in [3.63, 3.8) is 0 Å². The van der Waals surface area contributed by atoms with Gasteiger partial charge in [0.2, 0.25) is 0 Å². The fourth-order valence-corrected chi connectivity index (χ4v) is 1.94. The van der Waals surface area contributed by atoms with Crippen molar-refractivity contribution in [2.24, 2.45) is 0 Å². The van der Waals surface area contributed by atoms with Crippen LogP contribution in [0.1, 0.15) is 15.9 Å².